The van der Waals surface area contributed by atoms with Crippen LogP contribution >= 0.6 is 0 Å². The Labute approximate surface area is 159 Å². The van der Waals surface area contributed by atoms with Gasteiger partial charge in [-0.15, -0.1) is 0 Å². The van der Waals surface area contributed by atoms with Crippen molar-refractivity contribution in [2.45, 2.75) is 25.7 Å². The monoisotopic (exact) mass is 372 g/mol. The summed E-state index contributed by atoms with van der Waals surface area (Å²) in [5, 5.41) is 8.57. The van der Waals surface area contributed by atoms with E-state index >= 15 is 0 Å². The molecule has 1 amide bonds. The van der Waals surface area contributed by atoms with Gasteiger partial charge in [0.25, 0.3) is 5.91 Å². The maximum Gasteiger partial charge on any atom is 0.331 e. The number of benzene rings is 1. The molecule has 0 bridgehead atoms. The van der Waals surface area contributed by atoms with Gasteiger partial charge in [-0.2, -0.15) is 5.26 Å². The number of amides is 1. The van der Waals surface area contributed by atoms with Crippen LogP contribution in [-0.4, -0.2) is 50.2 Å². The first-order valence-corrected chi connectivity index (χ1v) is 8.94. The van der Waals surface area contributed by atoms with Gasteiger partial charge in [0.2, 0.25) is 0 Å². The SMILES string of the molecule is COc1cc(/C=C/C(=O)OCC(=O)N2CCCCCC2)ccc1OCC#N. The van der Waals surface area contributed by atoms with Gasteiger partial charge in [0.15, 0.2) is 24.7 Å². The summed E-state index contributed by atoms with van der Waals surface area (Å²) < 4.78 is 15.5. The fourth-order valence-electron chi connectivity index (χ4n) is 2.77. The van der Waals surface area contributed by atoms with Crippen LogP contribution < -0.4 is 9.47 Å². The number of hydrogen-bond acceptors (Lipinski definition) is 6. The second-order valence-electron chi connectivity index (χ2n) is 6.09. The summed E-state index contributed by atoms with van der Waals surface area (Å²) in [6.07, 6.45) is 7.09. The van der Waals surface area contributed by atoms with E-state index < -0.39 is 5.97 Å². The van der Waals surface area contributed by atoms with E-state index in [-0.39, 0.29) is 19.1 Å². The number of ether oxygens (including phenoxy) is 3. The van der Waals surface area contributed by atoms with E-state index in [4.69, 9.17) is 19.5 Å². The molecule has 0 spiro atoms. The molecule has 0 atom stereocenters. The summed E-state index contributed by atoms with van der Waals surface area (Å²) in [6.45, 7) is 1.13. The van der Waals surface area contributed by atoms with Crippen LogP contribution in [0.3, 0.4) is 0 Å². The smallest absolute Gasteiger partial charge is 0.331 e. The van der Waals surface area contributed by atoms with Crippen LogP contribution in [0.2, 0.25) is 0 Å². The third-order valence-electron chi connectivity index (χ3n) is 4.19. The third kappa shape index (κ3) is 6.66. The van der Waals surface area contributed by atoms with E-state index in [0.717, 1.165) is 38.8 Å². The summed E-state index contributed by atoms with van der Waals surface area (Å²) in [4.78, 5) is 25.7. The molecule has 1 aromatic carbocycles. The van der Waals surface area contributed by atoms with Crippen LogP contribution in [0.1, 0.15) is 31.2 Å². The topological polar surface area (TPSA) is 88.9 Å². The lowest BCUT2D eigenvalue weighted by Crippen LogP contribution is -2.35. The van der Waals surface area contributed by atoms with Gasteiger partial charge in [-0.25, -0.2) is 4.79 Å². The van der Waals surface area contributed by atoms with E-state index in [2.05, 4.69) is 0 Å². The molecule has 27 heavy (non-hydrogen) atoms. The molecule has 1 aliphatic heterocycles. The molecule has 0 N–H and O–H groups in total. The number of nitrogens with zero attached hydrogens (tertiary/aromatic N) is 2. The first-order valence-electron chi connectivity index (χ1n) is 8.94. The van der Waals surface area contributed by atoms with Gasteiger partial charge in [0.1, 0.15) is 6.07 Å². The number of methoxy groups -OCH3 is 1. The van der Waals surface area contributed by atoms with Gasteiger partial charge in [-0.1, -0.05) is 18.9 Å². The molecule has 7 heteroatoms. The lowest BCUT2D eigenvalue weighted by molar-refractivity contribution is -0.148. The second-order valence-corrected chi connectivity index (χ2v) is 6.09. The average Bonchev–Trinajstić information content (AvgIpc) is 2.98. The molecule has 0 radical (unpaired) electrons. The van der Waals surface area contributed by atoms with Crippen LogP contribution in [-0.2, 0) is 14.3 Å². The zero-order valence-corrected chi connectivity index (χ0v) is 15.5. The minimum atomic E-state index is -0.582. The summed E-state index contributed by atoms with van der Waals surface area (Å²) in [6, 6.07) is 6.95. The largest absolute Gasteiger partial charge is 0.493 e. The molecular weight excluding hydrogens is 348 g/mol. The Morgan fingerprint density at radius 3 is 2.59 bits per heavy atom. The number of nitriles is 1. The van der Waals surface area contributed by atoms with E-state index in [0.29, 0.717) is 17.1 Å². The fraction of sp³-hybridized carbons (Fsp3) is 0.450. The molecule has 0 aromatic heterocycles. The van der Waals surface area contributed by atoms with Gasteiger partial charge < -0.3 is 19.1 Å². The molecule has 144 valence electrons. The number of esters is 1. The molecule has 1 fully saturated rings. The van der Waals surface area contributed by atoms with Crippen LogP contribution in [0, 0.1) is 11.3 Å². The Balaban J connectivity index is 1.86. The number of likely N-dealkylation sites (tertiary alicyclic amines) is 1. The van der Waals surface area contributed by atoms with Crippen LogP contribution in [0.15, 0.2) is 24.3 Å². The molecule has 0 aliphatic carbocycles. The highest BCUT2D eigenvalue weighted by atomic mass is 16.5. The highest BCUT2D eigenvalue weighted by Crippen LogP contribution is 2.28. The number of carbonyl (C=O) groups excluding carboxylic acids is 2. The second kappa shape index (κ2) is 10.9. The van der Waals surface area contributed by atoms with E-state index in [1.807, 2.05) is 6.07 Å². The van der Waals surface area contributed by atoms with E-state index in [1.54, 1.807) is 29.2 Å². The van der Waals surface area contributed by atoms with Gasteiger partial charge in [0.05, 0.1) is 7.11 Å². The molecule has 7 nitrogen and oxygen atoms in total. The highest BCUT2D eigenvalue weighted by Gasteiger charge is 2.16. The van der Waals surface area contributed by atoms with Crippen molar-refractivity contribution >= 4 is 18.0 Å². The van der Waals surface area contributed by atoms with Crippen molar-refractivity contribution in [3.05, 3.63) is 29.8 Å². The predicted molar refractivity (Wildman–Crippen MR) is 99.1 cm³/mol. The summed E-state index contributed by atoms with van der Waals surface area (Å²) >= 11 is 0. The zero-order valence-electron chi connectivity index (χ0n) is 15.5. The quantitative estimate of drug-likeness (QED) is 0.540. The molecule has 1 heterocycles. The molecule has 1 saturated heterocycles. The van der Waals surface area contributed by atoms with Crippen LogP contribution in [0.25, 0.3) is 6.08 Å². The Morgan fingerprint density at radius 1 is 1.19 bits per heavy atom. The molecule has 2 rings (SSSR count). The molecule has 0 saturated carbocycles. The maximum atomic E-state index is 12.1. The minimum absolute atomic E-state index is 0.0804. The number of rotatable bonds is 7. The normalized spacial score (nSPS) is 14.3. The first kappa shape index (κ1) is 20.3. The molecular formula is C20H24N2O5. The molecule has 1 aliphatic rings. The Bertz CT molecular complexity index is 716. The van der Waals surface area contributed by atoms with Crippen molar-refractivity contribution in [3.63, 3.8) is 0 Å². The van der Waals surface area contributed by atoms with Gasteiger partial charge in [-0.05, 0) is 36.6 Å². The summed E-state index contributed by atoms with van der Waals surface area (Å²) in [7, 11) is 1.49. The van der Waals surface area contributed by atoms with Crippen molar-refractivity contribution < 1.29 is 23.8 Å². The third-order valence-corrected chi connectivity index (χ3v) is 4.19. The molecule has 0 unspecified atom stereocenters. The van der Waals surface area contributed by atoms with Crippen molar-refractivity contribution in [1.29, 1.82) is 5.26 Å². The Hall–Kier alpha value is -3.01. The standard InChI is InChI=1S/C20H24N2O5/c1-25-18-14-16(6-8-17(18)26-13-10-21)7-9-20(24)27-15-19(23)22-11-4-2-3-5-12-22/h6-9,14H,2-5,11-13,15H2,1H3/b9-7+. The fourth-order valence-corrected chi connectivity index (χ4v) is 2.77. The van der Waals surface area contributed by atoms with Crippen molar-refractivity contribution in [3.8, 4) is 17.6 Å². The maximum absolute atomic E-state index is 12.1. The average molecular weight is 372 g/mol. The highest BCUT2D eigenvalue weighted by molar-refractivity contribution is 5.89. The Morgan fingerprint density at radius 2 is 1.93 bits per heavy atom. The van der Waals surface area contributed by atoms with Crippen LogP contribution in [0.4, 0.5) is 0 Å². The Kier molecular flexibility index (Phi) is 8.17. The van der Waals surface area contributed by atoms with Gasteiger partial charge in [-0.3, -0.25) is 4.79 Å². The lowest BCUT2D eigenvalue weighted by Gasteiger charge is -2.19. The van der Waals surface area contributed by atoms with E-state index in [9.17, 15) is 9.59 Å². The van der Waals surface area contributed by atoms with Crippen molar-refractivity contribution in [1.82, 2.24) is 4.90 Å². The van der Waals surface area contributed by atoms with Gasteiger partial charge in [0, 0.05) is 19.2 Å². The van der Waals surface area contributed by atoms with Crippen molar-refractivity contribution in [2.75, 3.05) is 33.4 Å². The number of hydrogen-bond donors (Lipinski definition) is 0. The first-order chi connectivity index (χ1) is 13.1. The zero-order chi connectivity index (χ0) is 19.5. The van der Waals surface area contributed by atoms with Crippen molar-refractivity contribution in [2.24, 2.45) is 0 Å². The lowest BCUT2D eigenvalue weighted by atomic mass is 10.2. The van der Waals surface area contributed by atoms with E-state index in [1.165, 1.54) is 13.2 Å². The summed E-state index contributed by atoms with van der Waals surface area (Å²) in [5.74, 6) is 0.167. The number of carbonyl (C=O) groups is 2. The van der Waals surface area contributed by atoms with Gasteiger partial charge >= 0.3 is 5.97 Å². The molecule has 1 aromatic rings. The minimum Gasteiger partial charge on any atom is -0.493 e. The summed E-state index contributed by atoms with van der Waals surface area (Å²) in [5.41, 5.74) is 0.701. The predicted octanol–water partition coefficient (Wildman–Crippen LogP) is 2.56. The van der Waals surface area contributed by atoms with Crippen LogP contribution in [0.5, 0.6) is 11.5 Å².